The molecule has 0 aliphatic carbocycles. The summed E-state index contributed by atoms with van der Waals surface area (Å²) in [6.07, 6.45) is 3.00. The van der Waals surface area contributed by atoms with Crippen LogP contribution in [0.15, 0.2) is 30.6 Å². The second-order valence-electron chi connectivity index (χ2n) is 4.10. The lowest BCUT2D eigenvalue weighted by atomic mass is 10.1. The Balaban J connectivity index is 2.28. The van der Waals surface area contributed by atoms with Gasteiger partial charge in [-0.3, -0.25) is 19.6 Å². The first-order valence-electron chi connectivity index (χ1n) is 5.76. The highest BCUT2D eigenvalue weighted by Crippen LogP contribution is 2.15. The molecule has 0 unspecified atom stereocenters. The molecule has 6 nitrogen and oxygen atoms in total. The van der Waals surface area contributed by atoms with Gasteiger partial charge in [-0.1, -0.05) is 6.07 Å². The number of carbonyl (C=O) groups excluding carboxylic acids is 1. The zero-order valence-electron chi connectivity index (χ0n) is 10.4. The van der Waals surface area contributed by atoms with Crippen molar-refractivity contribution >= 4 is 22.9 Å². The van der Waals surface area contributed by atoms with Crippen LogP contribution in [0.25, 0.3) is 11.0 Å². The molecule has 1 amide bonds. The molecular weight excluding hydrogens is 246 g/mol. The molecule has 1 aromatic carbocycles. The van der Waals surface area contributed by atoms with Crippen LogP contribution in [0.3, 0.4) is 0 Å². The van der Waals surface area contributed by atoms with Crippen molar-refractivity contribution in [2.45, 2.75) is 6.42 Å². The zero-order valence-corrected chi connectivity index (χ0v) is 10.4. The van der Waals surface area contributed by atoms with E-state index in [9.17, 15) is 9.59 Å². The molecule has 19 heavy (non-hydrogen) atoms. The number of hydrogen-bond acceptors (Lipinski definition) is 4. The molecule has 98 valence electrons. The molecule has 1 aromatic heterocycles. The van der Waals surface area contributed by atoms with Crippen LogP contribution in [0.1, 0.15) is 16.8 Å². The van der Waals surface area contributed by atoms with Crippen LogP contribution in [-0.2, 0) is 4.79 Å². The van der Waals surface area contributed by atoms with E-state index in [1.54, 1.807) is 31.4 Å². The minimum absolute atomic E-state index is 0.0846. The maximum absolute atomic E-state index is 12.2. The van der Waals surface area contributed by atoms with Crippen molar-refractivity contribution < 1.29 is 14.7 Å². The lowest BCUT2D eigenvalue weighted by molar-refractivity contribution is -0.137. The average molecular weight is 259 g/mol. The normalized spacial score (nSPS) is 10.4. The van der Waals surface area contributed by atoms with E-state index in [-0.39, 0.29) is 18.9 Å². The highest BCUT2D eigenvalue weighted by molar-refractivity contribution is 6.04. The Kier molecular flexibility index (Phi) is 3.70. The fourth-order valence-electron chi connectivity index (χ4n) is 1.74. The SMILES string of the molecule is CN(CCC(=O)O)C(=O)c1cccc2nccnc12. The van der Waals surface area contributed by atoms with Gasteiger partial charge in [0.25, 0.3) is 5.91 Å². The van der Waals surface area contributed by atoms with E-state index in [4.69, 9.17) is 5.11 Å². The quantitative estimate of drug-likeness (QED) is 0.891. The van der Waals surface area contributed by atoms with Gasteiger partial charge in [0.1, 0.15) is 5.52 Å². The number of carboxylic acids is 1. The summed E-state index contributed by atoms with van der Waals surface area (Å²) in [5.74, 6) is -1.19. The molecule has 0 aliphatic rings. The van der Waals surface area contributed by atoms with Crippen molar-refractivity contribution in [2.24, 2.45) is 0 Å². The number of fused-ring (bicyclic) bond motifs is 1. The molecule has 2 rings (SSSR count). The number of carbonyl (C=O) groups is 2. The van der Waals surface area contributed by atoms with Gasteiger partial charge >= 0.3 is 5.97 Å². The first-order valence-corrected chi connectivity index (χ1v) is 5.76. The highest BCUT2D eigenvalue weighted by Gasteiger charge is 2.16. The van der Waals surface area contributed by atoms with E-state index in [1.165, 1.54) is 11.1 Å². The number of amides is 1. The second-order valence-corrected chi connectivity index (χ2v) is 4.10. The van der Waals surface area contributed by atoms with Crippen LogP contribution in [0.4, 0.5) is 0 Å². The van der Waals surface area contributed by atoms with Crippen molar-refractivity contribution in [3.8, 4) is 0 Å². The summed E-state index contributed by atoms with van der Waals surface area (Å²) in [4.78, 5) is 32.4. The number of aliphatic carboxylic acids is 1. The summed E-state index contributed by atoms with van der Waals surface area (Å²) in [7, 11) is 1.57. The summed E-state index contributed by atoms with van der Waals surface area (Å²) in [6.45, 7) is 0.158. The van der Waals surface area contributed by atoms with Gasteiger partial charge in [-0.2, -0.15) is 0 Å². The smallest absolute Gasteiger partial charge is 0.305 e. The number of para-hydroxylation sites is 1. The Bertz CT molecular complexity index is 622. The van der Waals surface area contributed by atoms with Crippen molar-refractivity contribution in [3.05, 3.63) is 36.2 Å². The fraction of sp³-hybridized carbons (Fsp3) is 0.231. The minimum atomic E-state index is -0.933. The third kappa shape index (κ3) is 2.85. The molecule has 0 saturated carbocycles. The summed E-state index contributed by atoms with van der Waals surface area (Å²) >= 11 is 0. The van der Waals surface area contributed by atoms with Crippen molar-refractivity contribution in [1.29, 1.82) is 0 Å². The van der Waals surface area contributed by atoms with Gasteiger partial charge in [0.05, 0.1) is 17.5 Å². The lowest BCUT2D eigenvalue weighted by Gasteiger charge is -2.16. The van der Waals surface area contributed by atoms with Gasteiger partial charge in [0.15, 0.2) is 0 Å². The standard InChI is InChI=1S/C13H13N3O3/c1-16(8-5-11(17)18)13(19)9-3-2-4-10-12(9)15-7-6-14-10/h2-4,6-7H,5,8H2,1H3,(H,17,18). The Hall–Kier alpha value is -2.50. The first kappa shape index (κ1) is 12.9. The van der Waals surface area contributed by atoms with Crippen molar-refractivity contribution in [3.63, 3.8) is 0 Å². The van der Waals surface area contributed by atoms with E-state index in [1.807, 2.05) is 0 Å². The summed E-state index contributed by atoms with van der Waals surface area (Å²) in [5.41, 5.74) is 1.59. The molecule has 0 atom stereocenters. The van der Waals surface area contributed by atoms with Gasteiger partial charge < -0.3 is 10.0 Å². The number of aromatic nitrogens is 2. The van der Waals surface area contributed by atoms with E-state index in [0.717, 1.165) is 0 Å². The molecule has 0 bridgehead atoms. The van der Waals surface area contributed by atoms with Gasteiger partial charge in [-0.15, -0.1) is 0 Å². The maximum atomic E-state index is 12.2. The van der Waals surface area contributed by atoms with Gasteiger partial charge in [0.2, 0.25) is 0 Å². The summed E-state index contributed by atoms with van der Waals surface area (Å²) in [5, 5.41) is 8.63. The van der Waals surface area contributed by atoms with Crippen LogP contribution in [-0.4, -0.2) is 45.4 Å². The Morgan fingerprint density at radius 1 is 1.26 bits per heavy atom. The Labute approximate surface area is 109 Å². The van der Waals surface area contributed by atoms with E-state index in [2.05, 4.69) is 9.97 Å². The number of carboxylic acid groups (broad SMARTS) is 1. The number of hydrogen-bond donors (Lipinski definition) is 1. The predicted octanol–water partition coefficient (Wildman–Crippen LogP) is 1.18. The second kappa shape index (κ2) is 5.43. The van der Waals surface area contributed by atoms with Gasteiger partial charge in [-0.05, 0) is 12.1 Å². The third-order valence-corrected chi connectivity index (χ3v) is 2.74. The predicted molar refractivity (Wildman–Crippen MR) is 68.8 cm³/mol. The molecule has 0 spiro atoms. The molecular formula is C13H13N3O3. The number of rotatable bonds is 4. The third-order valence-electron chi connectivity index (χ3n) is 2.74. The molecule has 6 heteroatoms. The zero-order chi connectivity index (χ0) is 13.8. The van der Waals surface area contributed by atoms with E-state index < -0.39 is 5.97 Å². The summed E-state index contributed by atoms with van der Waals surface area (Å²) in [6, 6.07) is 5.17. The number of nitrogens with zero attached hydrogens (tertiary/aromatic N) is 3. The van der Waals surface area contributed by atoms with Crippen LogP contribution < -0.4 is 0 Å². The van der Waals surface area contributed by atoms with Gasteiger partial charge in [-0.25, -0.2) is 0 Å². The molecule has 0 radical (unpaired) electrons. The molecule has 0 fully saturated rings. The first-order chi connectivity index (χ1) is 9.09. The topological polar surface area (TPSA) is 83.4 Å². The molecule has 2 aromatic rings. The van der Waals surface area contributed by atoms with Crippen molar-refractivity contribution in [2.75, 3.05) is 13.6 Å². The largest absolute Gasteiger partial charge is 0.481 e. The van der Waals surface area contributed by atoms with E-state index >= 15 is 0 Å². The minimum Gasteiger partial charge on any atom is -0.481 e. The Morgan fingerprint density at radius 2 is 2.00 bits per heavy atom. The van der Waals surface area contributed by atoms with Crippen LogP contribution in [0.5, 0.6) is 0 Å². The molecule has 1 N–H and O–H groups in total. The van der Waals surface area contributed by atoms with Crippen molar-refractivity contribution in [1.82, 2.24) is 14.9 Å². The van der Waals surface area contributed by atoms with E-state index in [0.29, 0.717) is 16.6 Å². The highest BCUT2D eigenvalue weighted by atomic mass is 16.4. The molecule has 0 aliphatic heterocycles. The van der Waals surface area contributed by atoms with Gasteiger partial charge in [0, 0.05) is 26.0 Å². The van der Waals surface area contributed by atoms with Crippen LogP contribution in [0.2, 0.25) is 0 Å². The maximum Gasteiger partial charge on any atom is 0.305 e. The summed E-state index contributed by atoms with van der Waals surface area (Å²) < 4.78 is 0. The lowest BCUT2D eigenvalue weighted by Crippen LogP contribution is -2.29. The van der Waals surface area contributed by atoms with Crippen LogP contribution >= 0.6 is 0 Å². The number of benzene rings is 1. The van der Waals surface area contributed by atoms with Crippen LogP contribution in [0, 0.1) is 0 Å². The molecule has 1 heterocycles. The molecule has 0 saturated heterocycles. The average Bonchev–Trinajstić information content (AvgIpc) is 2.43. The monoisotopic (exact) mass is 259 g/mol. The Morgan fingerprint density at radius 3 is 2.74 bits per heavy atom. The fourth-order valence-corrected chi connectivity index (χ4v) is 1.74.